The quantitative estimate of drug-likeness (QED) is 0.0467. The Morgan fingerprint density at radius 3 is 2.45 bits per heavy atom. The van der Waals surface area contributed by atoms with Gasteiger partial charge < -0.3 is 29.6 Å². The van der Waals surface area contributed by atoms with Gasteiger partial charge >= 0.3 is 18.3 Å². The molecule has 2 fully saturated rings. The van der Waals surface area contributed by atoms with Crippen LogP contribution in [0.3, 0.4) is 0 Å². The number of aromatic amines is 1. The highest BCUT2D eigenvalue weighted by molar-refractivity contribution is 7.92. The summed E-state index contributed by atoms with van der Waals surface area (Å²) in [6.45, 7) is 7.96. The number of allylic oxidation sites excluding steroid dienone is 1. The van der Waals surface area contributed by atoms with Crippen molar-refractivity contribution in [2.45, 2.75) is 63.4 Å². The Morgan fingerprint density at radius 2 is 1.75 bits per heavy atom. The number of sulfone groups is 1. The summed E-state index contributed by atoms with van der Waals surface area (Å²) in [5, 5.41) is 15.6. The fraction of sp³-hybridized carbons (Fsp3) is 0.408. The van der Waals surface area contributed by atoms with E-state index in [0.29, 0.717) is 59.9 Å². The van der Waals surface area contributed by atoms with Gasteiger partial charge in [0.1, 0.15) is 28.6 Å². The summed E-state index contributed by atoms with van der Waals surface area (Å²) in [6, 6.07) is 15.2. The van der Waals surface area contributed by atoms with Gasteiger partial charge in [0.15, 0.2) is 15.6 Å². The number of nitrogens with zero attached hydrogens (tertiary/aromatic N) is 5. The van der Waals surface area contributed by atoms with E-state index in [4.69, 9.17) is 9.47 Å². The second-order valence-corrected chi connectivity index (χ2v) is 20.8. The van der Waals surface area contributed by atoms with Crippen molar-refractivity contribution in [3.8, 4) is 11.5 Å². The van der Waals surface area contributed by atoms with Crippen LogP contribution in [0.25, 0.3) is 16.6 Å². The smallest absolute Gasteiger partial charge is 0.455 e. The summed E-state index contributed by atoms with van der Waals surface area (Å²) < 4.78 is 119. The fourth-order valence-corrected chi connectivity index (χ4v) is 10.5. The Morgan fingerprint density at radius 1 is 0.986 bits per heavy atom. The second kappa shape index (κ2) is 19.9. The minimum absolute atomic E-state index is 0.0196. The van der Waals surface area contributed by atoms with Gasteiger partial charge in [0.25, 0.3) is 5.69 Å². The predicted molar refractivity (Wildman–Crippen MR) is 252 cm³/mol. The first-order chi connectivity index (χ1) is 33.4. The Labute approximate surface area is 404 Å². The molecule has 71 heavy (non-hydrogen) atoms. The molecule has 1 atom stereocenters. The molecule has 5 aromatic rings. The van der Waals surface area contributed by atoms with Crippen LogP contribution >= 0.6 is 0 Å². The Hall–Kier alpha value is -6.52. The van der Waals surface area contributed by atoms with Gasteiger partial charge in [-0.3, -0.25) is 24.6 Å². The molecule has 2 saturated heterocycles. The molecule has 2 N–H and O–H groups in total. The SMILES string of the molecule is Cc1cc(C(F)(F)F)ccc1C1=C(CN2CCN(c3ccc(C(=O)CS(=O)(=O)c4ccc(NCC5CN(C(=O)C(F)(F)F)CCO5)c([N+](=O)[O-])c4)c(Oc4cnc5[nH]ccc5c4)c3)CC2)CCC(C)(C)C1. The van der Waals surface area contributed by atoms with Gasteiger partial charge in [0.05, 0.1) is 39.9 Å². The number of piperazine rings is 1. The number of aromatic nitrogens is 2. The number of pyridine rings is 1. The lowest BCUT2D eigenvalue weighted by atomic mass is 9.72. The zero-order valence-corrected chi connectivity index (χ0v) is 39.8. The van der Waals surface area contributed by atoms with Gasteiger partial charge in [-0.15, -0.1) is 0 Å². The lowest BCUT2D eigenvalue weighted by molar-refractivity contribution is -0.384. The molecule has 0 bridgehead atoms. The first-order valence-electron chi connectivity index (χ1n) is 22.8. The van der Waals surface area contributed by atoms with Crippen molar-refractivity contribution in [2.24, 2.45) is 5.41 Å². The number of benzene rings is 3. The van der Waals surface area contributed by atoms with Crippen LogP contribution in [0.5, 0.6) is 11.5 Å². The summed E-state index contributed by atoms with van der Waals surface area (Å²) in [7, 11) is -4.54. The van der Waals surface area contributed by atoms with Gasteiger partial charge in [-0.1, -0.05) is 25.5 Å². The monoisotopic (exact) mass is 1010 g/mol. The number of Topliss-reactive ketones (excluding diaryl/α,β-unsaturated/α-hetero) is 1. The number of ether oxygens (including phenoxy) is 2. The van der Waals surface area contributed by atoms with Gasteiger partial charge in [-0.25, -0.2) is 13.4 Å². The minimum atomic E-state index is -5.09. The Balaban J connectivity index is 0.988. The molecule has 1 aliphatic carbocycles. The maximum atomic E-state index is 14.1. The number of fused-ring (bicyclic) bond motifs is 1. The fourth-order valence-electron chi connectivity index (χ4n) is 9.30. The number of ketones is 1. The van der Waals surface area contributed by atoms with Crippen molar-refractivity contribution in [2.75, 3.05) is 74.9 Å². The lowest BCUT2D eigenvalue weighted by Gasteiger charge is -2.39. The molecule has 3 aromatic carbocycles. The number of carbonyl (C=O) groups excluding carboxylic acids is 2. The summed E-state index contributed by atoms with van der Waals surface area (Å²) in [6.07, 6.45) is -4.86. The van der Waals surface area contributed by atoms with Gasteiger partial charge in [-0.2, -0.15) is 26.3 Å². The number of nitro benzene ring substituents is 1. The highest BCUT2D eigenvalue weighted by Gasteiger charge is 2.44. The molecular formula is C49H51F6N7O8S. The van der Waals surface area contributed by atoms with E-state index in [0.717, 1.165) is 54.7 Å². The van der Waals surface area contributed by atoms with Crippen molar-refractivity contribution in [3.63, 3.8) is 0 Å². The largest absolute Gasteiger partial charge is 0.471 e. The molecule has 15 nitrogen and oxygen atoms in total. The highest BCUT2D eigenvalue weighted by Crippen LogP contribution is 2.45. The van der Waals surface area contributed by atoms with E-state index in [1.165, 1.54) is 23.9 Å². The summed E-state index contributed by atoms with van der Waals surface area (Å²) in [4.78, 5) is 49.0. The number of nitrogens with one attached hydrogen (secondary N) is 2. The van der Waals surface area contributed by atoms with Crippen molar-refractivity contribution in [1.29, 1.82) is 0 Å². The third-order valence-electron chi connectivity index (χ3n) is 13.1. The topological polar surface area (TPSA) is 180 Å². The first kappa shape index (κ1) is 50.9. The van der Waals surface area contributed by atoms with E-state index in [9.17, 15) is 54.5 Å². The van der Waals surface area contributed by atoms with Crippen LogP contribution in [0.2, 0.25) is 0 Å². The molecule has 1 unspecified atom stereocenters. The third-order valence-corrected chi connectivity index (χ3v) is 14.7. The number of morpholine rings is 1. The number of carbonyl (C=O) groups is 2. The van der Waals surface area contributed by atoms with Crippen LogP contribution in [0.15, 0.2) is 89.6 Å². The van der Waals surface area contributed by atoms with E-state index < -0.39 is 73.4 Å². The van der Waals surface area contributed by atoms with Gasteiger partial charge in [0.2, 0.25) is 0 Å². The Kier molecular flexibility index (Phi) is 14.3. The average Bonchev–Trinajstić information content (AvgIpc) is 3.79. The van der Waals surface area contributed by atoms with Crippen LogP contribution < -0.4 is 15.0 Å². The average molecular weight is 1010 g/mol. The van der Waals surface area contributed by atoms with Crippen molar-refractivity contribution in [3.05, 3.63) is 117 Å². The van der Waals surface area contributed by atoms with E-state index in [2.05, 4.69) is 38.9 Å². The number of hydrogen-bond donors (Lipinski definition) is 2. The van der Waals surface area contributed by atoms with Crippen molar-refractivity contribution >= 4 is 55.2 Å². The number of alkyl halides is 6. The summed E-state index contributed by atoms with van der Waals surface area (Å²) >= 11 is 0. The maximum Gasteiger partial charge on any atom is 0.471 e. The summed E-state index contributed by atoms with van der Waals surface area (Å²) in [5.74, 6) is -3.70. The van der Waals surface area contributed by atoms with Crippen LogP contribution in [0.1, 0.15) is 60.2 Å². The number of amides is 1. The third kappa shape index (κ3) is 11.8. The Bertz CT molecular complexity index is 3000. The molecule has 4 heterocycles. The van der Waals surface area contributed by atoms with E-state index in [1.807, 2.05) is 0 Å². The lowest BCUT2D eigenvalue weighted by Crippen LogP contribution is -2.51. The zero-order chi connectivity index (χ0) is 51.0. The standard InChI is InChI=1S/C49H51F6N7O8S/c1-30-20-33(48(50,51)52)4-7-38(30)40-24-47(2,3)12-10-32(40)27-59-14-16-60(17-15-59)34-5-8-39(44(22-34)70-35-21-31-11-13-56-45(31)58-25-35)43(63)29-71(67,68)37-6-9-41(42(23-37)62(65)66)57-26-36-28-61(18-19-69-36)46(64)49(53,54)55/h4-9,11,13,20-23,25,36,57H,10,12,14-19,24,26-29H2,1-3H3,(H,56,58). The maximum absolute atomic E-state index is 14.1. The first-order valence-corrected chi connectivity index (χ1v) is 24.5. The minimum Gasteiger partial charge on any atom is -0.455 e. The number of nitro groups is 1. The van der Waals surface area contributed by atoms with Gasteiger partial charge in [-0.05, 0) is 96.8 Å². The second-order valence-electron chi connectivity index (χ2n) is 18.8. The highest BCUT2D eigenvalue weighted by atomic mass is 32.2. The molecule has 378 valence electrons. The van der Waals surface area contributed by atoms with Crippen LogP contribution in [0, 0.1) is 22.5 Å². The number of aryl methyl sites for hydroxylation is 1. The molecule has 0 spiro atoms. The number of halogens is 6. The number of anilines is 2. The molecule has 0 radical (unpaired) electrons. The van der Waals surface area contributed by atoms with Gasteiger partial charge in [0, 0.05) is 81.8 Å². The molecule has 3 aliphatic rings. The number of H-pyrrole nitrogens is 1. The van der Waals surface area contributed by atoms with E-state index in [-0.39, 0.29) is 47.9 Å². The van der Waals surface area contributed by atoms with Crippen LogP contribution in [-0.4, -0.2) is 122 Å². The van der Waals surface area contributed by atoms with Crippen LogP contribution in [-0.2, 0) is 25.5 Å². The van der Waals surface area contributed by atoms with E-state index >= 15 is 0 Å². The molecule has 8 rings (SSSR count). The molecule has 22 heteroatoms. The van der Waals surface area contributed by atoms with Crippen LogP contribution in [0.4, 0.5) is 43.4 Å². The molecule has 1 amide bonds. The normalized spacial score (nSPS) is 18.2. The number of rotatable bonds is 14. The predicted octanol–water partition coefficient (Wildman–Crippen LogP) is 9.23. The van der Waals surface area contributed by atoms with Crippen molar-refractivity contribution in [1.82, 2.24) is 19.8 Å². The van der Waals surface area contributed by atoms with Crippen molar-refractivity contribution < 1.29 is 58.7 Å². The molecular weight excluding hydrogens is 961 g/mol. The summed E-state index contributed by atoms with van der Waals surface area (Å²) in [5.41, 5.74) is 3.35. The molecule has 2 aliphatic heterocycles. The molecule has 0 saturated carbocycles. The van der Waals surface area contributed by atoms with E-state index in [1.54, 1.807) is 43.5 Å². The number of hydrogen-bond acceptors (Lipinski definition) is 12. The zero-order valence-electron chi connectivity index (χ0n) is 39.0. The molecule has 2 aromatic heterocycles.